The van der Waals surface area contributed by atoms with Gasteiger partial charge in [0.15, 0.2) is 0 Å². The van der Waals surface area contributed by atoms with E-state index in [9.17, 15) is 24.5 Å². The lowest BCUT2D eigenvalue weighted by molar-refractivity contribution is -0.384. The van der Waals surface area contributed by atoms with E-state index in [4.69, 9.17) is 0 Å². The number of rotatable bonds is 3. The van der Waals surface area contributed by atoms with Gasteiger partial charge in [0, 0.05) is 24.1 Å². The average Bonchev–Trinajstić information content (AvgIpc) is 2.81. The molecule has 10 heteroatoms. The molecular formula is C14H11N5O5. The van der Waals surface area contributed by atoms with E-state index in [-0.39, 0.29) is 22.8 Å². The van der Waals surface area contributed by atoms with Crippen molar-refractivity contribution in [1.82, 2.24) is 9.97 Å². The lowest BCUT2D eigenvalue weighted by atomic mass is 10.0. The molecule has 2 heterocycles. The Hall–Kier alpha value is -3.56. The van der Waals surface area contributed by atoms with Gasteiger partial charge in [0.2, 0.25) is 5.91 Å². The second kappa shape index (κ2) is 5.57. The van der Waals surface area contributed by atoms with E-state index in [1.54, 1.807) is 6.92 Å². The molecule has 1 aromatic heterocycles. The maximum Gasteiger partial charge on any atom is 0.344 e. The molecule has 0 aliphatic carbocycles. The van der Waals surface area contributed by atoms with E-state index >= 15 is 0 Å². The Morgan fingerprint density at radius 3 is 2.75 bits per heavy atom. The number of hydrogen-bond acceptors (Lipinski definition) is 6. The van der Waals surface area contributed by atoms with Crippen LogP contribution in [0.25, 0.3) is 0 Å². The number of anilines is 2. The Balaban J connectivity index is 1.98. The third kappa shape index (κ3) is 2.60. The fourth-order valence-electron chi connectivity index (χ4n) is 2.37. The van der Waals surface area contributed by atoms with E-state index in [0.29, 0.717) is 11.3 Å². The molecule has 0 spiro atoms. The normalized spacial score (nSPS) is 15.5. The van der Waals surface area contributed by atoms with E-state index < -0.39 is 22.4 Å². The van der Waals surface area contributed by atoms with Crippen molar-refractivity contribution in [3.63, 3.8) is 0 Å². The quantitative estimate of drug-likeness (QED) is 0.565. The number of benzene rings is 1. The van der Waals surface area contributed by atoms with Gasteiger partial charge in [-0.05, 0) is 18.6 Å². The van der Waals surface area contributed by atoms with E-state index in [2.05, 4.69) is 20.6 Å². The zero-order chi connectivity index (χ0) is 17.4. The number of nitrogens with one attached hydrogen (secondary N) is 3. The lowest BCUT2D eigenvalue weighted by Crippen LogP contribution is -2.17. The largest absolute Gasteiger partial charge is 0.344 e. The Morgan fingerprint density at radius 2 is 2.12 bits per heavy atom. The molecule has 0 radical (unpaired) electrons. The lowest BCUT2D eigenvalue weighted by Gasteiger charge is -2.08. The van der Waals surface area contributed by atoms with E-state index in [1.807, 2.05) is 0 Å². The number of carbonyl (C=O) groups is 2. The van der Waals surface area contributed by atoms with Gasteiger partial charge in [0.05, 0.1) is 16.4 Å². The topological polar surface area (TPSA) is 147 Å². The average molecular weight is 329 g/mol. The molecule has 2 aromatic rings. The monoisotopic (exact) mass is 329 g/mol. The van der Waals surface area contributed by atoms with Gasteiger partial charge in [0.25, 0.3) is 11.6 Å². The molecule has 1 unspecified atom stereocenters. The molecule has 3 rings (SSSR count). The first-order chi connectivity index (χ1) is 11.4. The summed E-state index contributed by atoms with van der Waals surface area (Å²) in [5.41, 5.74) is -0.0795. The summed E-state index contributed by atoms with van der Waals surface area (Å²) in [5, 5.41) is 16.3. The second-order valence-corrected chi connectivity index (χ2v) is 5.19. The molecule has 1 atom stereocenters. The Bertz CT molecular complexity index is 915. The molecule has 1 aliphatic rings. The van der Waals surface area contributed by atoms with Gasteiger partial charge >= 0.3 is 5.69 Å². The number of fused-ring (bicyclic) bond motifs is 1. The number of H-pyrrole nitrogens is 1. The van der Waals surface area contributed by atoms with Crippen LogP contribution in [0.3, 0.4) is 0 Å². The highest BCUT2D eigenvalue weighted by Crippen LogP contribution is 2.39. The molecule has 1 aliphatic heterocycles. The van der Waals surface area contributed by atoms with Crippen LogP contribution in [-0.2, 0) is 4.79 Å². The first-order valence-electron chi connectivity index (χ1n) is 6.86. The maximum absolute atomic E-state index is 12.1. The highest BCUT2D eigenvalue weighted by molar-refractivity contribution is 6.08. The van der Waals surface area contributed by atoms with Crippen molar-refractivity contribution in [2.75, 3.05) is 10.6 Å². The van der Waals surface area contributed by atoms with Crippen molar-refractivity contribution in [2.45, 2.75) is 12.8 Å². The van der Waals surface area contributed by atoms with Crippen LogP contribution >= 0.6 is 0 Å². The van der Waals surface area contributed by atoms with Crippen molar-refractivity contribution in [2.24, 2.45) is 0 Å². The second-order valence-electron chi connectivity index (χ2n) is 5.19. The molecule has 2 amide bonds. The van der Waals surface area contributed by atoms with Crippen molar-refractivity contribution >= 4 is 28.9 Å². The number of nitrogens with zero attached hydrogens (tertiary/aromatic N) is 2. The molecule has 10 nitrogen and oxygen atoms in total. The number of amides is 2. The van der Waals surface area contributed by atoms with E-state index in [1.165, 1.54) is 12.1 Å². The molecular weight excluding hydrogens is 318 g/mol. The first kappa shape index (κ1) is 15.3. The van der Waals surface area contributed by atoms with Crippen LogP contribution in [0.15, 0.2) is 29.3 Å². The Labute approximate surface area is 134 Å². The summed E-state index contributed by atoms with van der Waals surface area (Å²) in [6, 6.07) is 2.60. The minimum Gasteiger partial charge on any atom is -0.325 e. The number of nitro groups is 1. The van der Waals surface area contributed by atoms with Crippen molar-refractivity contribution in [1.29, 1.82) is 0 Å². The fraction of sp³-hybridized carbons (Fsp3) is 0.143. The van der Waals surface area contributed by atoms with Gasteiger partial charge in [-0.2, -0.15) is 0 Å². The van der Waals surface area contributed by atoms with E-state index in [0.717, 1.165) is 12.4 Å². The van der Waals surface area contributed by atoms with Crippen LogP contribution in [-0.4, -0.2) is 26.7 Å². The number of aromatic amines is 1. The zero-order valence-electron chi connectivity index (χ0n) is 12.3. The van der Waals surface area contributed by atoms with Crippen molar-refractivity contribution in [3.8, 4) is 0 Å². The minimum absolute atomic E-state index is 0.0294. The Morgan fingerprint density at radius 1 is 1.38 bits per heavy atom. The van der Waals surface area contributed by atoms with Crippen molar-refractivity contribution < 1.29 is 14.5 Å². The predicted octanol–water partition coefficient (Wildman–Crippen LogP) is 0.986. The smallest absolute Gasteiger partial charge is 0.325 e. The van der Waals surface area contributed by atoms with Crippen LogP contribution in [0.2, 0.25) is 0 Å². The standard InChI is InChI=1S/C14H11N5O5/c1-6-8-2-11(19(23)24)10(3-9(8)17-12(6)20)18-13(21)7-4-15-14(22)16-5-7/h2-6H,1H3,(H,17,20)(H,18,21)(H,15,16,22). The molecule has 0 saturated heterocycles. The predicted molar refractivity (Wildman–Crippen MR) is 83.0 cm³/mol. The molecule has 122 valence electrons. The zero-order valence-corrected chi connectivity index (χ0v) is 12.3. The summed E-state index contributed by atoms with van der Waals surface area (Å²) in [6.45, 7) is 1.63. The molecule has 24 heavy (non-hydrogen) atoms. The van der Waals surface area contributed by atoms with Crippen LogP contribution < -0.4 is 16.3 Å². The third-order valence-corrected chi connectivity index (χ3v) is 3.66. The summed E-state index contributed by atoms with van der Waals surface area (Å²) >= 11 is 0. The minimum atomic E-state index is -0.681. The van der Waals surface area contributed by atoms with Crippen molar-refractivity contribution in [3.05, 3.63) is 56.3 Å². The van der Waals surface area contributed by atoms with Crippen LogP contribution in [0.1, 0.15) is 28.8 Å². The summed E-state index contributed by atoms with van der Waals surface area (Å²) in [7, 11) is 0. The number of aromatic nitrogens is 2. The molecule has 1 aromatic carbocycles. The summed E-state index contributed by atoms with van der Waals surface area (Å²) in [4.78, 5) is 51.0. The molecule has 3 N–H and O–H groups in total. The highest BCUT2D eigenvalue weighted by atomic mass is 16.6. The van der Waals surface area contributed by atoms with Gasteiger partial charge < -0.3 is 15.6 Å². The number of nitro benzene ring substituents is 1. The van der Waals surface area contributed by atoms with Crippen LogP contribution in [0.5, 0.6) is 0 Å². The first-order valence-corrected chi connectivity index (χ1v) is 6.86. The number of carbonyl (C=O) groups excluding carboxylic acids is 2. The Kier molecular flexibility index (Phi) is 3.56. The SMILES string of the molecule is CC1C(=O)Nc2cc(NC(=O)c3cnc(=O)[nH]c3)c([N+](=O)[O-])cc21. The van der Waals surface area contributed by atoms with Gasteiger partial charge in [0.1, 0.15) is 5.69 Å². The molecule has 0 bridgehead atoms. The number of hydrogen-bond donors (Lipinski definition) is 3. The van der Waals surface area contributed by atoms with Gasteiger partial charge in [-0.25, -0.2) is 9.78 Å². The highest BCUT2D eigenvalue weighted by Gasteiger charge is 2.31. The third-order valence-electron chi connectivity index (χ3n) is 3.66. The summed E-state index contributed by atoms with van der Waals surface area (Å²) in [6.07, 6.45) is 2.20. The van der Waals surface area contributed by atoms with Crippen LogP contribution in [0.4, 0.5) is 17.1 Å². The van der Waals surface area contributed by atoms with Gasteiger partial charge in [-0.1, -0.05) is 0 Å². The molecule has 0 fully saturated rings. The summed E-state index contributed by atoms with van der Waals surface area (Å²) < 4.78 is 0. The summed E-state index contributed by atoms with van der Waals surface area (Å²) in [5.74, 6) is -1.46. The maximum atomic E-state index is 12.1. The van der Waals surface area contributed by atoms with Crippen LogP contribution in [0, 0.1) is 10.1 Å². The van der Waals surface area contributed by atoms with Gasteiger partial charge in [-0.3, -0.25) is 19.7 Å². The fourth-order valence-corrected chi connectivity index (χ4v) is 2.37. The molecule has 0 saturated carbocycles. The van der Waals surface area contributed by atoms with Gasteiger partial charge in [-0.15, -0.1) is 0 Å².